The number of nitrogens with zero attached hydrogens (tertiary/aromatic N) is 2. The number of imide groups is 1. The van der Waals surface area contributed by atoms with Gasteiger partial charge in [-0.2, -0.15) is 0 Å². The molecule has 3 rings (SSSR count). The second kappa shape index (κ2) is 5.85. The van der Waals surface area contributed by atoms with Crippen molar-refractivity contribution in [3.63, 3.8) is 0 Å². The SMILES string of the molecule is C[C@]1(c2cc(F)ccc2F)NC(=O)N(CC(=O)N2CCCC2)C1=O. The topological polar surface area (TPSA) is 69.7 Å². The van der Waals surface area contributed by atoms with Crippen molar-refractivity contribution in [1.29, 1.82) is 0 Å². The highest BCUT2D eigenvalue weighted by Gasteiger charge is 2.51. The van der Waals surface area contributed by atoms with E-state index in [0.29, 0.717) is 13.1 Å². The van der Waals surface area contributed by atoms with Gasteiger partial charge in [0.25, 0.3) is 5.91 Å². The van der Waals surface area contributed by atoms with Crippen LogP contribution in [-0.4, -0.2) is 47.3 Å². The third-order valence-corrected chi connectivity index (χ3v) is 4.49. The molecule has 1 aromatic carbocycles. The lowest BCUT2D eigenvalue weighted by atomic mass is 9.91. The number of likely N-dealkylation sites (tertiary alicyclic amines) is 1. The number of hydrogen-bond acceptors (Lipinski definition) is 3. The van der Waals surface area contributed by atoms with E-state index in [9.17, 15) is 23.2 Å². The van der Waals surface area contributed by atoms with E-state index >= 15 is 0 Å². The Morgan fingerprint density at radius 2 is 1.92 bits per heavy atom. The fourth-order valence-electron chi connectivity index (χ4n) is 3.11. The predicted molar refractivity (Wildman–Crippen MR) is 79.8 cm³/mol. The Labute approximate surface area is 137 Å². The van der Waals surface area contributed by atoms with Gasteiger partial charge in [0.1, 0.15) is 23.7 Å². The average molecular weight is 337 g/mol. The standard InChI is InChI=1S/C16H17F2N3O3/c1-16(11-8-10(17)4-5-12(11)18)14(23)21(15(24)19-16)9-13(22)20-6-2-3-7-20/h4-5,8H,2-3,6-7,9H2,1H3,(H,19,24)/t16-/m1/s1. The summed E-state index contributed by atoms with van der Waals surface area (Å²) in [6, 6.07) is 1.91. The van der Waals surface area contributed by atoms with Crippen molar-refractivity contribution in [1.82, 2.24) is 15.1 Å². The van der Waals surface area contributed by atoms with E-state index in [0.717, 1.165) is 35.9 Å². The third-order valence-electron chi connectivity index (χ3n) is 4.49. The highest BCUT2D eigenvalue weighted by Crippen LogP contribution is 2.31. The Kier molecular flexibility index (Phi) is 3.98. The average Bonchev–Trinajstić information content (AvgIpc) is 3.14. The summed E-state index contributed by atoms with van der Waals surface area (Å²) >= 11 is 0. The van der Waals surface area contributed by atoms with Gasteiger partial charge in [-0.25, -0.2) is 13.6 Å². The monoisotopic (exact) mass is 337 g/mol. The molecule has 2 heterocycles. The van der Waals surface area contributed by atoms with Crippen LogP contribution < -0.4 is 5.32 Å². The number of carbonyl (C=O) groups is 3. The van der Waals surface area contributed by atoms with Gasteiger partial charge in [-0.15, -0.1) is 0 Å². The first-order valence-electron chi connectivity index (χ1n) is 7.70. The number of urea groups is 1. The van der Waals surface area contributed by atoms with Gasteiger partial charge in [0.2, 0.25) is 5.91 Å². The van der Waals surface area contributed by atoms with Crippen LogP contribution in [0.4, 0.5) is 13.6 Å². The van der Waals surface area contributed by atoms with Gasteiger partial charge in [-0.1, -0.05) is 0 Å². The molecule has 0 saturated carbocycles. The van der Waals surface area contributed by atoms with Gasteiger partial charge in [-0.05, 0) is 38.0 Å². The number of nitrogens with one attached hydrogen (secondary N) is 1. The van der Waals surface area contributed by atoms with Crippen molar-refractivity contribution in [2.24, 2.45) is 0 Å². The van der Waals surface area contributed by atoms with Crippen LogP contribution in [0.25, 0.3) is 0 Å². The molecule has 1 atom stereocenters. The van der Waals surface area contributed by atoms with Crippen molar-refractivity contribution >= 4 is 17.8 Å². The van der Waals surface area contributed by atoms with Gasteiger partial charge in [0, 0.05) is 18.7 Å². The molecule has 0 radical (unpaired) electrons. The third kappa shape index (κ3) is 2.61. The number of rotatable bonds is 3. The molecule has 2 saturated heterocycles. The molecule has 1 aromatic rings. The zero-order valence-corrected chi connectivity index (χ0v) is 13.1. The van der Waals surface area contributed by atoms with Crippen LogP contribution >= 0.6 is 0 Å². The van der Waals surface area contributed by atoms with E-state index < -0.39 is 35.7 Å². The second-order valence-electron chi connectivity index (χ2n) is 6.16. The number of halogens is 2. The zero-order valence-electron chi connectivity index (χ0n) is 13.1. The lowest BCUT2D eigenvalue weighted by molar-refractivity contribution is -0.138. The van der Waals surface area contributed by atoms with Gasteiger partial charge >= 0.3 is 6.03 Å². The van der Waals surface area contributed by atoms with E-state index in [1.54, 1.807) is 4.90 Å². The predicted octanol–water partition coefficient (Wildman–Crippen LogP) is 1.35. The smallest absolute Gasteiger partial charge is 0.325 e. The van der Waals surface area contributed by atoms with Crippen molar-refractivity contribution in [3.8, 4) is 0 Å². The van der Waals surface area contributed by atoms with E-state index in [2.05, 4.69) is 5.32 Å². The van der Waals surface area contributed by atoms with Gasteiger partial charge in [0.15, 0.2) is 0 Å². The highest BCUT2D eigenvalue weighted by atomic mass is 19.1. The molecule has 2 aliphatic rings. The minimum atomic E-state index is -1.74. The highest BCUT2D eigenvalue weighted by molar-refractivity contribution is 6.09. The fourth-order valence-corrected chi connectivity index (χ4v) is 3.11. The summed E-state index contributed by atoms with van der Waals surface area (Å²) in [6.45, 7) is 2.08. The van der Waals surface area contributed by atoms with E-state index in [-0.39, 0.29) is 11.5 Å². The lowest BCUT2D eigenvalue weighted by Gasteiger charge is -2.23. The molecular formula is C16H17F2N3O3. The summed E-state index contributed by atoms with van der Waals surface area (Å²) in [5.41, 5.74) is -2.01. The summed E-state index contributed by atoms with van der Waals surface area (Å²) in [5, 5.41) is 2.37. The summed E-state index contributed by atoms with van der Waals surface area (Å²) in [6.07, 6.45) is 1.77. The first-order chi connectivity index (χ1) is 11.3. The summed E-state index contributed by atoms with van der Waals surface area (Å²) in [4.78, 5) is 39.3. The largest absolute Gasteiger partial charge is 0.341 e. The molecule has 1 N–H and O–H groups in total. The van der Waals surface area contributed by atoms with Crippen LogP contribution in [0.1, 0.15) is 25.3 Å². The zero-order chi connectivity index (χ0) is 17.5. The first-order valence-corrected chi connectivity index (χ1v) is 7.70. The van der Waals surface area contributed by atoms with Crippen molar-refractivity contribution in [2.45, 2.75) is 25.3 Å². The second-order valence-corrected chi connectivity index (χ2v) is 6.16. The Morgan fingerprint density at radius 1 is 1.25 bits per heavy atom. The van der Waals surface area contributed by atoms with Crippen molar-refractivity contribution in [3.05, 3.63) is 35.4 Å². The lowest BCUT2D eigenvalue weighted by Crippen LogP contribution is -2.44. The Balaban J connectivity index is 1.85. The maximum absolute atomic E-state index is 14.0. The number of benzene rings is 1. The summed E-state index contributed by atoms with van der Waals surface area (Å²) < 4.78 is 27.5. The molecule has 0 aliphatic carbocycles. The Bertz CT molecular complexity index is 719. The molecule has 0 spiro atoms. The van der Waals surface area contributed by atoms with Gasteiger partial charge < -0.3 is 10.2 Å². The van der Waals surface area contributed by atoms with Crippen molar-refractivity contribution < 1.29 is 23.2 Å². The van der Waals surface area contributed by atoms with E-state index in [1.807, 2.05) is 0 Å². The van der Waals surface area contributed by atoms with Crippen LogP contribution in [0.3, 0.4) is 0 Å². The number of carbonyl (C=O) groups excluding carboxylic acids is 3. The van der Waals surface area contributed by atoms with Crippen LogP contribution in [0, 0.1) is 11.6 Å². The minimum Gasteiger partial charge on any atom is -0.341 e. The molecule has 0 unspecified atom stereocenters. The van der Waals surface area contributed by atoms with E-state index in [4.69, 9.17) is 0 Å². The molecule has 8 heteroatoms. The van der Waals surface area contributed by atoms with Crippen LogP contribution in [0.15, 0.2) is 18.2 Å². The summed E-state index contributed by atoms with van der Waals surface area (Å²) in [5.74, 6) is -2.63. The summed E-state index contributed by atoms with van der Waals surface area (Å²) in [7, 11) is 0. The molecule has 0 aromatic heterocycles. The minimum absolute atomic E-state index is 0.267. The Hall–Kier alpha value is -2.51. The van der Waals surface area contributed by atoms with Gasteiger partial charge in [0.05, 0.1) is 0 Å². The maximum atomic E-state index is 14.0. The molecule has 6 nitrogen and oxygen atoms in total. The van der Waals surface area contributed by atoms with Crippen LogP contribution in [0.2, 0.25) is 0 Å². The van der Waals surface area contributed by atoms with E-state index in [1.165, 1.54) is 6.92 Å². The molecule has 0 bridgehead atoms. The molecule has 128 valence electrons. The quantitative estimate of drug-likeness (QED) is 0.847. The van der Waals surface area contributed by atoms with Gasteiger partial charge in [-0.3, -0.25) is 14.5 Å². The Morgan fingerprint density at radius 3 is 2.58 bits per heavy atom. The fraction of sp³-hybridized carbons (Fsp3) is 0.438. The normalized spacial score (nSPS) is 23.8. The number of hydrogen-bond donors (Lipinski definition) is 1. The molecule has 2 aliphatic heterocycles. The molecule has 4 amide bonds. The number of amides is 4. The van der Waals surface area contributed by atoms with Crippen molar-refractivity contribution in [2.75, 3.05) is 19.6 Å². The van der Waals surface area contributed by atoms with Crippen LogP contribution in [0.5, 0.6) is 0 Å². The molecule has 2 fully saturated rings. The maximum Gasteiger partial charge on any atom is 0.325 e. The molecule has 24 heavy (non-hydrogen) atoms. The van der Waals surface area contributed by atoms with Crippen LogP contribution in [-0.2, 0) is 15.1 Å². The first kappa shape index (κ1) is 16.4. The molecular weight excluding hydrogens is 320 g/mol.